The molecule has 6 aromatic carbocycles. The van der Waals surface area contributed by atoms with Crippen LogP contribution < -0.4 is 0 Å². The van der Waals surface area contributed by atoms with Crippen LogP contribution >= 0.6 is 0 Å². The minimum atomic E-state index is 0.145. The summed E-state index contributed by atoms with van der Waals surface area (Å²) < 4.78 is 22.4. The Morgan fingerprint density at radius 1 is 0.327 bits per heavy atom. The zero-order valence-electron chi connectivity index (χ0n) is 29.5. The van der Waals surface area contributed by atoms with Crippen molar-refractivity contribution in [3.05, 3.63) is 144 Å². The Balaban J connectivity index is 0.965. The third kappa shape index (κ3) is 4.54. The molecule has 0 spiro atoms. The van der Waals surface area contributed by atoms with Crippen LogP contribution in [0, 0.1) is 0 Å². The van der Waals surface area contributed by atoms with Gasteiger partial charge in [0.1, 0.15) is 0 Å². The van der Waals surface area contributed by atoms with E-state index in [0.29, 0.717) is 17.8 Å². The maximum atomic E-state index is 7.47. The van der Waals surface area contributed by atoms with E-state index in [1.54, 1.807) is 0 Å². The molecule has 6 unspecified atom stereocenters. The summed E-state index contributed by atoms with van der Waals surface area (Å²) in [7, 11) is 0. The average molecular weight is 684 g/mol. The van der Waals surface area contributed by atoms with Crippen LogP contribution in [0.25, 0.3) is 32.3 Å². The lowest BCUT2D eigenvalue weighted by Gasteiger charge is -2.69. The number of rotatable bonds is 3. The second kappa shape index (κ2) is 11.7. The maximum Gasteiger partial charge on any atom is 0.0766 e. The van der Waals surface area contributed by atoms with Gasteiger partial charge in [0.05, 0.1) is 54.7 Å². The summed E-state index contributed by atoms with van der Waals surface area (Å²) in [5, 5.41) is 8.11. The molecule has 260 valence electrons. The highest BCUT2D eigenvalue weighted by Gasteiger charge is 2.65. The van der Waals surface area contributed by atoms with E-state index >= 15 is 0 Å². The summed E-state index contributed by atoms with van der Waals surface area (Å²) in [6.07, 6.45) is 7.14. The Hall–Kier alpha value is -4.06. The summed E-state index contributed by atoms with van der Waals surface area (Å²) in [6, 6.07) is 48.3. The third-order valence-electron chi connectivity index (χ3n) is 14.3. The molecule has 6 aromatic rings. The first-order chi connectivity index (χ1) is 25.7. The molecule has 6 atom stereocenters. The number of nitrogens with zero attached hydrogens (tertiary/aromatic N) is 1. The van der Waals surface area contributed by atoms with E-state index in [0.717, 1.165) is 38.5 Å². The summed E-state index contributed by atoms with van der Waals surface area (Å²) >= 11 is 0. The van der Waals surface area contributed by atoms with Crippen molar-refractivity contribution in [3.63, 3.8) is 0 Å². The fourth-order valence-corrected chi connectivity index (χ4v) is 12.3. The van der Waals surface area contributed by atoms with Gasteiger partial charge in [-0.25, -0.2) is 0 Å². The molecular weight excluding hydrogens is 639 g/mol. The molecule has 0 N–H and O–H groups in total. The van der Waals surface area contributed by atoms with Gasteiger partial charge in [0.2, 0.25) is 0 Å². The van der Waals surface area contributed by atoms with E-state index in [2.05, 4.69) is 132 Å². The minimum Gasteiger partial charge on any atom is -0.371 e. The zero-order chi connectivity index (χ0) is 33.9. The molecule has 3 saturated carbocycles. The summed E-state index contributed by atoms with van der Waals surface area (Å²) in [5.41, 5.74) is 4.38. The monoisotopic (exact) mass is 683 g/mol. The number of fused-ring (bicyclic) bond motifs is 3. The van der Waals surface area contributed by atoms with Gasteiger partial charge in [0, 0.05) is 0 Å². The fraction of sp³-hybridized carbons (Fsp3) is 0.375. The van der Waals surface area contributed by atoms with Gasteiger partial charge in [-0.1, -0.05) is 127 Å². The fourth-order valence-electron chi connectivity index (χ4n) is 12.3. The normalized spacial score (nSPS) is 36.5. The highest BCUT2D eigenvalue weighted by atomic mass is 16.5. The Bertz CT molecular complexity index is 2020. The summed E-state index contributed by atoms with van der Waals surface area (Å²) in [5.74, 6) is 1.19. The van der Waals surface area contributed by atoms with Crippen LogP contribution in [0.1, 0.15) is 73.0 Å². The van der Waals surface area contributed by atoms with E-state index in [1.807, 2.05) is 0 Å². The molecule has 0 aromatic heterocycles. The van der Waals surface area contributed by atoms with Crippen molar-refractivity contribution in [2.75, 3.05) is 0 Å². The van der Waals surface area contributed by atoms with Crippen LogP contribution in [0.5, 0.6) is 0 Å². The van der Waals surface area contributed by atoms with Crippen LogP contribution in [0.4, 0.5) is 0 Å². The molecule has 52 heavy (non-hydrogen) atoms. The van der Waals surface area contributed by atoms with E-state index in [4.69, 9.17) is 14.2 Å². The first-order valence-corrected chi connectivity index (χ1v) is 19.9. The Morgan fingerprint density at radius 3 is 0.904 bits per heavy atom. The molecule has 4 nitrogen and oxygen atoms in total. The SMILES string of the molecule is c1ccc2c(C3CC4OC5CC(c6cccc7ccccc67)CC6OC7CC(c8cccc9ccccc89)CC8OC(C3)C4N(C56)C87)cccc2c1. The second-order valence-corrected chi connectivity index (χ2v) is 16.8. The van der Waals surface area contributed by atoms with Crippen LogP contribution in [0.15, 0.2) is 127 Å². The van der Waals surface area contributed by atoms with Gasteiger partial charge in [0.15, 0.2) is 0 Å². The molecule has 6 aliphatic rings. The van der Waals surface area contributed by atoms with E-state index in [-0.39, 0.29) is 54.7 Å². The molecule has 3 aliphatic heterocycles. The van der Waals surface area contributed by atoms with E-state index in [9.17, 15) is 0 Å². The van der Waals surface area contributed by atoms with E-state index < -0.39 is 0 Å². The quantitative estimate of drug-likeness (QED) is 0.186. The lowest BCUT2D eigenvalue weighted by Crippen LogP contribution is -2.81. The minimum absolute atomic E-state index is 0.145. The van der Waals surface area contributed by atoms with Crippen molar-refractivity contribution < 1.29 is 14.2 Å². The van der Waals surface area contributed by atoms with Crippen LogP contribution in [-0.2, 0) is 14.2 Å². The molecule has 12 rings (SSSR count). The molecule has 6 fully saturated rings. The van der Waals surface area contributed by atoms with Gasteiger partial charge in [-0.2, -0.15) is 0 Å². The van der Waals surface area contributed by atoms with E-state index in [1.165, 1.54) is 49.0 Å². The zero-order valence-corrected chi connectivity index (χ0v) is 29.5. The molecule has 4 heteroatoms. The number of benzene rings is 6. The lowest BCUT2D eigenvalue weighted by molar-refractivity contribution is -0.336. The first kappa shape index (κ1) is 30.4. The van der Waals surface area contributed by atoms with Crippen molar-refractivity contribution in [3.8, 4) is 0 Å². The second-order valence-electron chi connectivity index (χ2n) is 16.8. The highest BCUT2D eigenvalue weighted by molar-refractivity contribution is 5.87. The van der Waals surface area contributed by atoms with Gasteiger partial charge >= 0.3 is 0 Å². The van der Waals surface area contributed by atoms with Crippen LogP contribution in [0.3, 0.4) is 0 Å². The highest BCUT2D eigenvalue weighted by Crippen LogP contribution is 2.56. The van der Waals surface area contributed by atoms with Crippen molar-refractivity contribution >= 4 is 32.3 Å². The molecule has 0 amide bonds. The Labute approximate surface area is 305 Å². The lowest BCUT2D eigenvalue weighted by atomic mass is 9.66. The van der Waals surface area contributed by atoms with Crippen molar-refractivity contribution in [2.24, 2.45) is 0 Å². The predicted molar refractivity (Wildman–Crippen MR) is 207 cm³/mol. The number of hydrogen-bond acceptors (Lipinski definition) is 4. The molecule has 0 radical (unpaired) electrons. The number of morpholine rings is 3. The predicted octanol–water partition coefficient (Wildman–Crippen LogP) is 9.89. The van der Waals surface area contributed by atoms with Crippen LogP contribution in [-0.4, -0.2) is 59.6 Å². The number of hydrogen-bond donors (Lipinski definition) is 0. The Morgan fingerprint density at radius 2 is 0.596 bits per heavy atom. The standard InChI is InChI=1S/C48H45NO3/c1-4-16-34-28(10-1)13-7-19-37(34)31-22-40-46-41(23-31)51-43-25-33(39-21-9-15-30-12-3-6-18-36(30)39)27-45-48(43)49(46)47-42(50-40)24-32(26-44(47)52-45)38-20-8-14-29-11-2-5-17-35(29)38/h1-21,31-33,40-48H,22-27H2. The van der Waals surface area contributed by atoms with Gasteiger partial charge in [-0.15, -0.1) is 0 Å². The summed E-state index contributed by atoms with van der Waals surface area (Å²) in [4.78, 5) is 2.99. The number of ether oxygens (including phenoxy) is 3. The topological polar surface area (TPSA) is 30.9 Å². The van der Waals surface area contributed by atoms with Crippen molar-refractivity contribution in [1.82, 2.24) is 4.90 Å². The van der Waals surface area contributed by atoms with Gasteiger partial charge in [-0.05, 0) is 105 Å². The van der Waals surface area contributed by atoms with Crippen LogP contribution in [0.2, 0.25) is 0 Å². The molecular formula is C48H45NO3. The molecule has 0 bridgehead atoms. The van der Waals surface area contributed by atoms with Crippen molar-refractivity contribution in [1.29, 1.82) is 0 Å². The van der Waals surface area contributed by atoms with Crippen molar-refractivity contribution in [2.45, 2.75) is 111 Å². The van der Waals surface area contributed by atoms with Gasteiger partial charge in [0.25, 0.3) is 0 Å². The smallest absolute Gasteiger partial charge is 0.0766 e. The molecule has 3 heterocycles. The maximum absolute atomic E-state index is 7.47. The summed E-state index contributed by atoms with van der Waals surface area (Å²) in [6.45, 7) is 0. The average Bonchev–Trinajstić information content (AvgIpc) is 3.19. The largest absolute Gasteiger partial charge is 0.371 e. The first-order valence-electron chi connectivity index (χ1n) is 19.9. The molecule has 3 aliphatic carbocycles. The molecule has 3 saturated heterocycles. The van der Waals surface area contributed by atoms with Gasteiger partial charge in [-0.3, -0.25) is 4.90 Å². The van der Waals surface area contributed by atoms with Gasteiger partial charge < -0.3 is 14.2 Å². The Kier molecular flexibility index (Phi) is 6.85. The third-order valence-corrected chi connectivity index (χ3v) is 14.3.